The largest absolute Gasteiger partial charge is 0.440 e. The number of benzene rings is 1. The molecule has 0 saturated heterocycles. The zero-order valence-electron chi connectivity index (χ0n) is 14.6. The van der Waals surface area contributed by atoms with Crippen LogP contribution in [0.25, 0.3) is 10.8 Å². The molecule has 1 amide bonds. The van der Waals surface area contributed by atoms with Crippen molar-refractivity contribution in [2.45, 2.75) is 13.3 Å². The minimum Gasteiger partial charge on any atom is -0.440 e. The number of nitro groups is 1. The molecule has 8 nitrogen and oxygen atoms in total. The number of oxazole rings is 1. The minimum absolute atomic E-state index is 0.00292. The van der Waals surface area contributed by atoms with Gasteiger partial charge in [-0.15, -0.1) is 11.3 Å². The minimum atomic E-state index is -0.445. The zero-order chi connectivity index (χ0) is 19.2. The molecule has 1 aromatic carbocycles. The summed E-state index contributed by atoms with van der Waals surface area (Å²) in [4.78, 5) is 27.9. The highest BCUT2D eigenvalue weighted by molar-refractivity contribution is 7.13. The highest BCUT2D eigenvalue weighted by Gasteiger charge is 2.15. The monoisotopic (exact) mass is 386 g/mol. The number of para-hydroxylation sites is 2. The fraction of sp³-hybridized carbons (Fsp3) is 0.222. The van der Waals surface area contributed by atoms with Gasteiger partial charge in [-0.25, -0.2) is 4.98 Å². The molecule has 2 N–H and O–H groups in total. The summed E-state index contributed by atoms with van der Waals surface area (Å²) in [5.74, 6) is 0.948. The molecule has 0 saturated carbocycles. The van der Waals surface area contributed by atoms with Gasteiger partial charge in [-0.1, -0.05) is 18.2 Å². The third kappa shape index (κ3) is 4.70. The Kier molecular flexibility index (Phi) is 5.82. The van der Waals surface area contributed by atoms with E-state index in [1.165, 1.54) is 17.4 Å². The van der Waals surface area contributed by atoms with Crippen LogP contribution in [0.1, 0.15) is 11.5 Å². The molecule has 0 atom stereocenters. The number of hydrogen-bond donors (Lipinski definition) is 2. The normalized spacial score (nSPS) is 10.6. The fourth-order valence-electron chi connectivity index (χ4n) is 2.49. The van der Waals surface area contributed by atoms with Crippen molar-refractivity contribution in [1.29, 1.82) is 0 Å². The van der Waals surface area contributed by atoms with Gasteiger partial charge in [0.05, 0.1) is 21.9 Å². The molecule has 9 heteroatoms. The second kappa shape index (κ2) is 8.45. The summed E-state index contributed by atoms with van der Waals surface area (Å²) in [6, 6.07) is 10.2. The highest BCUT2D eigenvalue weighted by Crippen LogP contribution is 2.26. The van der Waals surface area contributed by atoms with Crippen LogP contribution in [-0.2, 0) is 11.2 Å². The van der Waals surface area contributed by atoms with Crippen LogP contribution < -0.4 is 10.6 Å². The molecule has 0 unspecified atom stereocenters. The molecule has 0 bridgehead atoms. The van der Waals surface area contributed by atoms with E-state index in [1.54, 1.807) is 25.1 Å². The Balaban J connectivity index is 1.49. The number of hydrogen-bond acceptors (Lipinski definition) is 7. The molecule has 27 heavy (non-hydrogen) atoms. The van der Waals surface area contributed by atoms with Gasteiger partial charge in [-0.2, -0.15) is 0 Å². The Morgan fingerprint density at radius 1 is 1.26 bits per heavy atom. The van der Waals surface area contributed by atoms with E-state index in [2.05, 4.69) is 15.6 Å². The molecule has 3 rings (SSSR count). The van der Waals surface area contributed by atoms with Gasteiger partial charge in [0.2, 0.25) is 11.8 Å². The van der Waals surface area contributed by atoms with Gasteiger partial charge in [0.25, 0.3) is 5.69 Å². The summed E-state index contributed by atoms with van der Waals surface area (Å²) >= 11 is 1.52. The summed E-state index contributed by atoms with van der Waals surface area (Å²) in [5, 5.41) is 18.6. The molecule has 2 heterocycles. The Labute approximate surface area is 159 Å². The molecule has 3 aromatic rings. The number of rotatable bonds is 8. The third-order valence-corrected chi connectivity index (χ3v) is 4.67. The van der Waals surface area contributed by atoms with Crippen molar-refractivity contribution >= 4 is 28.6 Å². The number of aromatic nitrogens is 1. The number of amides is 1. The first-order chi connectivity index (χ1) is 13.0. The highest BCUT2D eigenvalue weighted by atomic mass is 32.1. The molecular formula is C18H18N4O4S. The van der Waals surface area contributed by atoms with Crippen molar-refractivity contribution in [2.24, 2.45) is 0 Å². The van der Waals surface area contributed by atoms with Crippen LogP contribution in [0, 0.1) is 17.0 Å². The molecule has 0 radical (unpaired) electrons. The summed E-state index contributed by atoms with van der Waals surface area (Å²) in [6.45, 7) is 2.48. The van der Waals surface area contributed by atoms with E-state index in [0.29, 0.717) is 36.1 Å². The van der Waals surface area contributed by atoms with E-state index >= 15 is 0 Å². The van der Waals surface area contributed by atoms with Crippen molar-refractivity contribution in [3.8, 4) is 10.8 Å². The Bertz CT molecular complexity index is 937. The molecule has 0 spiro atoms. The van der Waals surface area contributed by atoms with Crippen LogP contribution in [0.2, 0.25) is 0 Å². The van der Waals surface area contributed by atoms with Gasteiger partial charge in [0, 0.05) is 19.2 Å². The molecule has 0 fully saturated rings. The van der Waals surface area contributed by atoms with Crippen molar-refractivity contribution in [3.63, 3.8) is 0 Å². The van der Waals surface area contributed by atoms with Gasteiger partial charge < -0.3 is 15.1 Å². The summed E-state index contributed by atoms with van der Waals surface area (Å²) in [6.07, 6.45) is 0.117. The average Bonchev–Trinajstić information content (AvgIpc) is 3.29. The van der Waals surface area contributed by atoms with E-state index in [1.807, 2.05) is 17.5 Å². The standard InChI is InChI=1S/C18H18N4O4S/c1-12-14(21-18(26-12)16-7-4-10-27-16)11-17(23)20-9-8-19-13-5-2-3-6-15(13)22(24)25/h2-7,10,19H,8-9,11H2,1H3,(H,20,23). The van der Waals surface area contributed by atoms with E-state index in [-0.39, 0.29) is 18.0 Å². The van der Waals surface area contributed by atoms with Crippen LogP contribution in [0.3, 0.4) is 0 Å². The first-order valence-electron chi connectivity index (χ1n) is 8.29. The quantitative estimate of drug-likeness (QED) is 0.349. The fourth-order valence-corrected chi connectivity index (χ4v) is 3.14. The lowest BCUT2D eigenvalue weighted by atomic mass is 10.2. The van der Waals surface area contributed by atoms with E-state index in [4.69, 9.17) is 4.42 Å². The molecule has 0 aliphatic heterocycles. The number of nitrogens with zero attached hydrogens (tertiary/aromatic N) is 2. The second-order valence-corrected chi connectivity index (χ2v) is 6.67. The lowest BCUT2D eigenvalue weighted by Crippen LogP contribution is -2.30. The maximum atomic E-state index is 12.1. The molecule has 0 aliphatic rings. The predicted molar refractivity (Wildman–Crippen MR) is 103 cm³/mol. The van der Waals surface area contributed by atoms with Gasteiger partial charge in [0.15, 0.2) is 0 Å². The second-order valence-electron chi connectivity index (χ2n) is 5.73. The average molecular weight is 386 g/mol. The summed E-state index contributed by atoms with van der Waals surface area (Å²) < 4.78 is 5.62. The summed E-state index contributed by atoms with van der Waals surface area (Å²) in [5.41, 5.74) is 1.02. The van der Waals surface area contributed by atoms with Crippen molar-refractivity contribution < 1.29 is 14.1 Å². The van der Waals surface area contributed by atoms with Crippen molar-refractivity contribution in [3.05, 3.63) is 63.3 Å². The number of thiophene rings is 1. The maximum Gasteiger partial charge on any atom is 0.292 e. The predicted octanol–water partition coefficient (Wildman–Crippen LogP) is 3.39. The zero-order valence-corrected chi connectivity index (χ0v) is 15.4. The number of nitro benzene ring substituents is 1. The van der Waals surface area contributed by atoms with Crippen LogP contribution in [0.5, 0.6) is 0 Å². The van der Waals surface area contributed by atoms with Crippen molar-refractivity contribution in [1.82, 2.24) is 10.3 Å². The van der Waals surface area contributed by atoms with Crippen LogP contribution >= 0.6 is 11.3 Å². The topological polar surface area (TPSA) is 110 Å². The lowest BCUT2D eigenvalue weighted by molar-refractivity contribution is -0.384. The Morgan fingerprint density at radius 3 is 2.81 bits per heavy atom. The molecule has 140 valence electrons. The first-order valence-corrected chi connectivity index (χ1v) is 9.16. The maximum absolute atomic E-state index is 12.1. The smallest absolute Gasteiger partial charge is 0.292 e. The van der Waals surface area contributed by atoms with E-state index < -0.39 is 4.92 Å². The number of anilines is 1. The van der Waals surface area contributed by atoms with E-state index in [9.17, 15) is 14.9 Å². The van der Waals surface area contributed by atoms with Crippen molar-refractivity contribution in [2.75, 3.05) is 18.4 Å². The third-order valence-electron chi connectivity index (χ3n) is 3.82. The van der Waals surface area contributed by atoms with Gasteiger partial charge >= 0.3 is 0 Å². The Morgan fingerprint density at radius 2 is 2.07 bits per heavy atom. The van der Waals surface area contributed by atoms with Gasteiger partial charge in [-0.05, 0) is 24.4 Å². The van der Waals surface area contributed by atoms with Gasteiger partial charge in [0.1, 0.15) is 11.4 Å². The number of aryl methyl sites for hydroxylation is 1. The summed E-state index contributed by atoms with van der Waals surface area (Å²) in [7, 11) is 0. The van der Waals surface area contributed by atoms with Gasteiger partial charge in [-0.3, -0.25) is 14.9 Å². The van der Waals surface area contributed by atoms with Crippen LogP contribution in [0.15, 0.2) is 46.2 Å². The van der Waals surface area contributed by atoms with Crippen LogP contribution in [0.4, 0.5) is 11.4 Å². The number of nitrogens with one attached hydrogen (secondary N) is 2. The number of carbonyl (C=O) groups is 1. The first kappa shape index (κ1) is 18.6. The van der Waals surface area contributed by atoms with Crippen LogP contribution in [-0.4, -0.2) is 28.9 Å². The van der Waals surface area contributed by atoms with E-state index in [0.717, 1.165) is 4.88 Å². The molecular weight excluding hydrogens is 368 g/mol. The lowest BCUT2D eigenvalue weighted by Gasteiger charge is -2.08. The Hall–Kier alpha value is -3.20. The molecule has 2 aromatic heterocycles. The molecule has 0 aliphatic carbocycles. The SMILES string of the molecule is Cc1oc(-c2cccs2)nc1CC(=O)NCCNc1ccccc1[N+](=O)[O-]. The number of carbonyl (C=O) groups excluding carboxylic acids is 1.